The quantitative estimate of drug-likeness (QED) is 0.481. The summed E-state index contributed by atoms with van der Waals surface area (Å²) in [5.41, 5.74) is 2.81. The monoisotopic (exact) mass is 328 g/mol. The molecule has 24 heavy (non-hydrogen) atoms. The van der Waals surface area contributed by atoms with Crippen LogP contribution in [0, 0.1) is 13.8 Å². The minimum Gasteiger partial charge on any atom is -0.453 e. The van der Waals surface area contributed by atoms with Crippen molar-refractivity contribution in [1.29, 1.82) is 0 Å². The highest BCUT2D eigenvalue weighted by Crippen LogP contribution is 2.16. The van der Waals surface area contributed by atoms with E-state index in [-0.39, 0.29) is 23.9 Å². The molecule has 0 aliphatic heterocycles. The molecule has 2 aromatic heterocycles. The van der Waals surface area contributed by atoms with Gasteiger partial charge in [-0.1, -0.05) is 6.08 Å². The highest BCUT2D eigenvalue weighted by atomic mass is 16.5. The third kappa shape index (κ3) is 3.53. The molecule has 0 saturated heterocycles. The molecule has 0 spiro atoms. The zero-order valence-electron chi connectivity index (χ0n) is 14.0. The second-order valence-corrected chi connectivity index (χ2v) is 5.54. The van der Waals surface area contributed by atoms with E-state index in [0.717, 1.165) is 11.4 Å². The number of hydrogen-bond acceptors (Lipinski definition) is 4. The van der Waals surface area contributed by atoms with Gasteiger partial charge in [0.05, 0.1) is 0 Å². The minimum atomic E-state index is -0.671. The van der Waals surface area contributed by atoms with Crippen molar-refractivity contribution in [3.05, 3.63) is 59.2 Å². The summed E-state index contributed by atoms with van der Waals surface area (Å²) < 4.78 is 7.01. The maximum atomic E-state index is 12.3. The number of carbonyl (C=O) groups excluding carboxylic acids is 3. The van der Waals surface area contributed by atoms with Crippen molar-refractivity contribution in [2.24, 2.45) is 0 Å². The van der Waals surface area contributed by atoms with Crippen LogP contribution in [0.2, 0.25) is 0 Å². The Balaban J connectivity index is 2.05. The Labute approximate surface area is 140 Å². The zero-order chi connectivity index (χ0) is 17.9. The lowest BCUT2D eigenvalue weighted by Crippen LogP contribution is -2.15. The summed E-state index contributed by atoms with van der Waals surface area (Å²) >= 11 is 0. The highest BCUT2D eigenvalue weighted by Gasteiger charge is 2.18. The molecule has 0 aliphatic rings. The predicted molar refractivity (Wildman–Crippen MR) is 89.5 cm³/mol. The molecule has 1 N–H and O–H groups in total. The van der Waals surface area contributed by atoms with Crippen LogP contribution in [0.5, 0.6) is 0 Å². The van der Waals surface area contributed by atoms with Crippen molar-refractivity contribution in [2.75, 3.05) is 6.61 Å². The Morgan fingerprint density at radius 3 is 2.58 bits per heavy atom. The first-order valence-corrected chi connectivity index (χ1v) is 7.52. The van der Waals surface area contributed by atoms with E-state index in [0.29, 0.717) is 17.7 Å². The number of H-pyrrole nitrogens is 1. The van der Waals surface area contributed by atoms with Crippen molar-refractivity contribution in [3.8, 4) is 0 Å². The maximum Gasteiger partial charge on any atom is 0.355 e. The van der Waals surface area contributed by atoms with Gasteiger partial charge in [0.1, 0.15) is 5.69 Å². The summed E-state index contributed by atoms with van der Waals surface area (Å²) in [6, 6.07) is 3.18. The number of aryl methyl sites for hydroxylation is 1. The second-order valence-electron chi connectivity index (χ2n) is 5.54. The number of rotatable bonds is 7. The summed E-state index contributed by atoms with van der Waals surface area (Å²) in [4.78, 5) is 38.1. The topological polar surface area (TPSA) is 81.2 Å². The first-order valence-electron chi connectivity index (χ1n) is 7.52. The molecule has 0 saturated carbocycles. The van der Waals surface area contributed by atoms with E-state index in [1.807, 2.05) is 18.4 Å². The van der Waals surface area contributed by atoms with Gasteiger partial charge in [0.15, 0.2) is 12.4 Å². The Kier molecular flexibility index (Phi) is 5.18. The van der Waals surface area contributed by atoms with Gasteiger partial charge in [-0.05, 0) is 32.9 Å². The van der Waals surface area contributed by atoms with Crippen LogP contribution in [0.1, 0.15) is 49.5 Å². The first kappa shape index (κ1) is 17.5. The molecule has 0 radical (unpaired) electrons. The number of nitrogens with one attached hydrogen (secondary N) is 1. The number of esters is 1. The van der Waals surface area contributed by atoms with Crippen molar-refractivity contribution in [1.82, 2.24) is 9.55 Å². The number of nitrogens with zero attached hydrogens (tertiary/aromatic N) is 1. The van der Waals surface area contributed by atoms with Crippen LogP contribution >= 0.6 is 0 Å². The third-order valence-corrected chi connectivity index (χ3v) is 3.83. The van der Waals surface area contributed by atoms with Crippen LogP contribution in [0.3, 0.4) is 0 Å². The minimum absolute atomic E-state index is 0.144. The second kappa shape index (κ2) is 7.12. The molecule has 0 bridgehead atoms. The molecule has 6 heteroatoms. The predicted octanol–water partition coefficient (Wildman–Crippen LogP) is 2.86. The number of hydrogen-bond donors (Lipinski definition) is 1. The largest absolute Gasteiger partial charge is 0.453 e. The Morgan fingerprint density at radius 2 is 2.00 bits per heavy atom. The molecule has 126 valence electrons. The van der Waals surface area contributed by atoms with E-state index < -0.39 is 5.97 Å². The van der Waals surface area contributed by atoms with Crippen LogP contribution in [0.25, 0.3) is 0 Å². The molecule has 0 atom stereocenters. The number of carbonyl (C=O) groups is 3. The van der Waals surface area contributed by atoms with E-state index in [1.165, 1.54) is 19.2 Å². The van der Waals surface area contributed by atoms with E-state index in [2.05, 4.69) is 11.6 Å². The maximum absolute atomic E-state index is 12.3. The third-order valence-electron chi connectivity index (χ3n) is 3.83. The molecule has 0 fully saturated rings. The average Bonchev–Trinajstić information content (AvgIpc) is 3.13. The van der Waals surface area contributed by atoms with Gasteiger partial charge in [-0.2, -0.15) is 0 Å². The number of aromatic amines is 1. The fourth-order valence-corrected chi connectivity index (χ4v) is 2.50. The summed E-state index contributed by atoms with van der Waals surface area (Å²) in [7, 11) is 0. The number of Topliss-reactive ketones (excluding diaryl/α,β-unsaturated/α-hetero) is 2. The lowest BCUT2D eigenvalue weighted by Gasteiger charge is -2.06. The molecule has 6 nitrogen and oxygen atoms in total. The van der Waals surface area contributed by atoms with Crippen LogP contribution in [0.4, 0.5) is 0 Å². The fourth-order valence-electron chi connectivity index (χ4n) is 2.50. The van der Waals surface area contributed by atoms with Crippen LogP contribution < -0.4 is 0 Å². The Bertz CT molecular complexity index is 811. The van der Waals surface area contributed by atoms with Gasteiger partial charge < -0.3 is 14.3 Å². The standard InChI is InChI=1S/C18H20N2O4/c1-5-6-20-11(2)7-15(12(20)3)17(22)10-24-18(23)16-8-14(9-19-16)13(4)21/h5,7-9,19H,1,6,10H2,2-4H3. The number of ether oxygens (including phenoxy) is 1. The van der Waals surface area contributed by atoms with Crippen molar-refractivity contribution >= 4 is 17.5 Å². The summed E-state index contributed by atoms with van der Waals surface area (Å²) in [5, 5.41) is 0. The zero-order valence-corrected chi connectivity index (χ0v) is 14.0. The molecule has 0 unspecified atom stereocenters. The molecule has 2 heterocycles. The van der Waals surface area contributed by atoms with Crippen molar-refractivity contribution < 1.29 is 19.1 Å². The molecule has 0 amide bonds. The van der Waals surface area contributed by atoms with E-state index in [4.69, 9.17) is 4.74 Å². The van der Waals surface area contributed by atoms with Crippen LogP contribution in [-0.4, -0.2) is 33.7 Å². The van der Waals surface area contributed by atoms with E-state index >= 15 is 0 Å². The van der Waals surface area contributed by atoms with E-state index in [1.54, 1.807) is 12.1 Å². The van der Waals surface area contributed by atoms with Crippen LogP contribution in [0.15, 0.2) is 31.0 Å². The van der Waals surface area contributed by atoms with Gasteiger partial charge in [-0.25, -0.2) is 4.79 Å². The smallest absolute Gasteiger partial charge is 0.355 e. The lowest BCUT2D eigenvalue weighted by atomic mass is 10.1. The van der Waals surface area contributed by atoms with Gasteiger partial charge in [-0.3, -0.25) is 9.59 Å². The van der Waals surface area contributed by atoms with E-state index in [9.17, 15) is 14.4 Å². The van der Waals surface area contributed by atoms with Crippen molar-refractivity contribution in [3.63, 3.8) is 0 Å². The first-order chi connectivity index (χ1) is 11.3. The van der Waals surface area contributed by atoms with Crippen LogP contribution in [-0.2, 0) is 11.3 Å². The van der Waals surface area contributed by atoms with Gasteiger partial charge in [-0.15, -0.1) is 6.58 Å². The normalized spacial score (nSPS) is 10.5. The Hall–Kier alpha value is -2.89. The number of ketones is 2. The molecule has 2 rings (SSSR count). The SMILES string of the molecule is C=CCn1c(C)cc(C(=O)COC(=O)c2cc(C(C)=O)c[nH]2)c1C. The van der Waals surface area contributed by atoms with Gasteiger partial charge in [0.25, 0.3) is 0 Å². The lowest BCUT2D eigenvalue weighted by molar-refractivity contribution is 0.0469. The highest BCUT2D eigenvalue weighted by molar-refractivity contribution is 6.01. The Morgan fingerprint density at radius 1 is 1.29 bits per heavy atom. The molecule has 0 aromatic carbocycles. The number of allylic oxidation sites excluding steroid dienone is 1. The summed E-state index contributed by atoms with van der Waals surface area (Å²) in [6.07, 6.45) is 3.19. The van der Waals surface area contributed by atoms with Gasteiger partial charge in [0.2, 0.25) is 5.78 Å². The molecule has 0 aliphatic carbocycles. The molecule has 2 aromatic rings. The number of aromatic nitrogens is 2. The fraction of sp³-hybridized carbons (Fsp3) is 0.278. The average molecular weight is 328 g/mol. The summed E-state index contributed by atoms with van der Waals surface area (Å²) in [5.74, 6) is -1.10. The van der Waals surface area contributed by atoms with Crippen molar-refractivity contribution in [2.45, 2.75) is 27.3 Å². The molecular weight excluding hydrogens is 308 g/mol. The summed E-state index contributed by atoms with van der Waals surface area (Å²) in [6.45, 7) is 9.10. The molecular formula is C18H20N2O4. The van der Waals surface area contributed by atoms with Gasteiger partial charge >= 0.3 is 5.97 Å². The van der Waals surface area contributed by atoms with Gasteiger partial charge in [0, 0.05) is 35.3 Å².